The molecule has 0 unspecified atom stereocenters. The minimum absolute atomic E-state index is 0.206. The molecule has 0 spiro atoms. The Morgan fingerprint density at radius 1 is 1.00 bits per heavy atom. The fraction of sp³-hybridized carbons (Fsp3) is 0.296. The molecule has 9 heteroatoms. The van der Waals surface area contributed by atoms with Gasteiger partial charge in [-0.3, -0.25) is 9.78 Å². The van der Waals surface area contributed by atoms with Gasteiger partial charge in [0.2, 0.25) is 10.0 Å². The van der Waals surface area contributed by atoms with Crippen LogP contribution in [0.15, 0.2) is 59.5 Å². The van der Waals surface area contributed by atoms with Gasteiger partial charge in [-0.15, -0.1) is 0 Å². The lowest BCUT2D eigenvalue weighted by Gasteiger charge is -2.30. The van der Waals surface area contributed by atoms with Crippen LogP contribution in [0.4, 0.5) is 11.5 Å². The number of fused-ring (bicyclic) bond motifs is 1. The highest BCUT2D eigenvalue weighted by Gasteiger charge is 2.25. The number of sulfonamides is 1. The summed E-state index contributed by atoms with van der Waals surface area (Å²) in [5.41, 5.74) is 5.27. The van der Waals surface area contributed by atoms with Crippen molar-refractivity contribution in [3.05, 3.63) is 82.0 Å². The summed E-state index contributed by atoms with van der Waals surface area (Å²) >= 11 is 0. The lowest BCUT2D eigenvalue weighted by molar-refractivity contribution is 0.321. The van der Waals surface area contributed by atoms with Crippen LogP contribution in [0.25, 0.3) is 22.0 Å². The lowest BCUT2D eigenvalue weighted by Crippen LogP contribution is -2.37. The molecule has 8 nitrogen and oxygen atoms in total. The van der Waals surface area contributed by atoms with Gasteiger partial charge in [0.15, 0.2) is 0 Å². The van der Waals surface area contributed by atoms with Gasteiger partial charge in [-0.05, 0) is 80.0 Å². The number of pyridine rings is 3. The summed E-state index contributed by atoms with van der Waals surface area (Å²) in [4.78, 5) is 24.9. The molecule has 5 rings (SSSR count). The molecule has 1 saturated heterocycles. The molecule has 1 aliphatic heterocycles. The van der Waals surface area contributed by atoms with Crippen molar-refractivity contribution in [3.63, 3.8) is 0 Å². The van der Waals surface area contributed by atoms with Crippen molar-refractivity contribution in [1.29, 1.82) is 0 Å². The van der Waals surface area contributed by atoms with Crippen LogP contribution in [0.3, 0.4) is 0 Å². The second kappa shape index (κ2) is 9.48. The van der Waals surface area contributed by atoms with E-state index in [9.17, 15) is 13.2 Å². The first kappa shape index (κ1) is 24.1. The zero-order chi connectivity index (χ0) is 25.4. The predicted molar refractivity (Wildman–Crippen MR) is 143 cm³/mol. The second-order valence-corrected chi connectivity index (χ2v) is 11.4. The van der Waals surface area contributed by atoms with Crippen molar-refractivity contribution in [3.8, 4) is 11.3 Å². The van der Waals surface area contributed by atoms with E-state index in [2.05, 4.69) is 27.4 Å². The van der Waals surface area contributed by atoms with E-state index < -0.39 is 10.0 Å². The first-order valence-corrected chi connectivity index (χ1v) is 13.8. The summed E-state index contributed by atoms with van der Waals surface area (Å²) < 4.78 is 25.1. The number of anilines is 2. The standard InChI is InChI=1S/C27H29N5O3S/c1-17-4-9-23(18(2)29-17)24-16-21-10-13-28-27(33)25(21)26(31-24)30-22-7-5-19(6-8-22)20-11-14-32(15-12-20)36(3,34)35/h4-10,13,16,20H,11-12,14-15H2,1-3H3,(H,28,33)(H,30,31). The molecule has 1 aromatic carbocycles. The number of aromatic nitrogens is 3. The first-order chi connectivity index (χ1) is 17.2. The molecule has 3 aromatic heterocycles. The molecule has 186 valence electrons. The third kappa shape index (κ3) is 4.89. The van der Waals surface area contributed by atoms with Crippen molar-refractivity contribution < 1.29 is 8.42 Å². The SMILES string of the molecule is Cc1ccc(-c2cc3cc[nH]c(=O)c3c(Nc3ccc(C4CCN(S(C)(=O)=O)CC4)cc3)n2)c(C)n1. The summed E-state index contributed by atoms with van der Waals surface area (Å²) in [5.74, 6) is 0.803. The molecule has 1 aliphatic rings. The minimum Gasteiger partial charge on any atom is -0.340 e. The molecule has 1 fully saturated rings. The normalized spacial score (nSPS) is 15.3. The highest BCUT2D eigenvalue weighted by molar-refractivity contribution is 7.88. The van der Waals surface area contributed by atoms with Crippen molar-refractivity contribution in [2.24, 2.45) is 0 Å². The van der Waals surface area contributed by atoms with E-state index in [0.29, 0.717) is 30.2 Å². The molecule has 0 atom stereocenters. The fourth-order valence-corrected chi connectivity index (χ4v) is 5.77. The van der Waals surface area contributed by atoms with E-state index >= 15 is 0 Å². The largest absolute Gasteiger partial charge is 0.340 e. The van der Waals surface area contributed by atoms with E-state index in [-0.39, 0.29) is 5.56 Å². The Morgan fingerprint density at radius 2 is 1.72 bits per heavy atom. The van der Waals surface area contributed by atoms with Gasteiger partial charge in [-0.2, -0.15) is 0 Å². The molecule has 0 aliphatic carbocycles. The Hall–Kier alpha value is -3.56. The molecular weight excluding hydrogens is 474 g/mol. The van der Waals surface area contributed by atoms with Gasteiger partial charge < -0.3 is 10.3 Å². The Labute approximate surface area is 210 Å². The number of benzene rings is 1. The molecular formula is C27H29N5O3S. The van der Waals surface area contributed by atoms with Crippen LogP contribution < -0.4 is 10.9 Å². The van der Waals surface area contributed by atoms with Gasteiger partial charge in [0.25, 0.3) is 5.56 Å². The molecule has 2 N–H and O–H groups in total. The van der Waals surface area contributed by atoms with Crippen molar-refractivity contribution in [2.75, 3.05) is 24.7 Å². The summed E-state index contributed by atoms with van der Waals surface area (Å²) in [6, 6.07) is 15.8. The zero-order valence-corrected chi connectivity index (χ0v) is 21.4. The Balaban J connectivity index is 1.44. The third-order valence-corrected chi connectivity index (χ3v) is 8.13. The topological polar surface area (TPSA) is 108 Å². The minimum atomic E-state index is -3.14. The molecule has 0 bridgehead atoms. The van der Waals surface area contributed by atoms with Crippen LogP contribution >= 0.6 is 0 Å². The number of rotatable bonds is 5. The molecule has 0 saturated carbocycles. The maximum atomic E-state index is 12.7. The van der Waals surface area contributed by atoms with Gasteiger partial charge >= 0.3 is 0 Å². The number of H-pyrrole nitrogens is 1. The van der Waals surface area contributed by atoms with Gasteiger partial charge in [-0.1, -0.05) is 12.1 Å². The quantitative estimate of drug-likeness (QED) is 0.416. The van der Waals surface area contributed by atoms with Gasteiger partial charge in [0, 0.05) is 41.9 Å². The van der Waals surface area contributed by atoms with Gasteiger partial charge in [0.05, 0.1) is 17.3 Å². The van der Waals surface area contributed by atoms with Crippen LogP contribution in [0.1, 0.15) is 35.7 Å². The van der Waals surface area contributed by atoms with Gasteiger partial charge in [-0.25, -0.2) is 17.7 Å². The smallest absolute Gasteiger partial charge is 0.259 e. The lowest BCUT2D eigenvalue weighted by atomic mass is 9.90. The maximum absolute atomic E-state index is 12.7. The van der Waals surface area contributed by atoms with Crippen LogP contribution in [0.5, 0.6) is 0 Å². The molecule has 4 aromatic rings. The Kier molecular flexibility index (Phi) is 6.36. The zero-order valence-electron chi connectivity index (χ0n) is 20.6. The van der Waals surface area contributed by atoms with E-state index in [0.717, 1.165) is 46.6 Å². The Morgan fingerprint density at radius 3 is 2.39 bits per heavy atom. The molecule has 0 amide bonds. The highest BCUT2D eigenvalue weighted by Crippen LogP contribution is 2.32. The Bertz CT molecular complexity index is 1590. The third-order valence-electron chi connectivity index (χ3n) is 6.82. The fourth-order valence-electron chi connectivity index (χ4n) is 4.90. The molecule has 4 heterocycles. The second-order valence-electron chi connectivity index (χ2n) is 9.40. The van der Waals surface area contributed by atoms with E-state index in [1.165, 1.54) is 11.8 Å². The molecule has 36 heavy (non-hydrogen) atoms. The number of piperidine rings is 1. The monoisotopic (exact) mass is 503 g/mol. The summed E-state index contributed by atoms with van der Waals surface area (Å²) in [7, 11) is -3.14. The van der Waals surface area contributed by atoms with Gasteiger partial charge in [0.1, 0.15) is 5.82 Å². The molecule has 0 radical (unpaired) electrons. The van der Waals surface area contributed by atoms with Crippen LogP contribution in [-0.2, 0) is 10.0 Å². The van der Waals surface area contributed by atoms with E-state index in [4.69, 9.17) is 4.98 Å². The van der Waals surface area contributed by atoms with Crippen molar-refractivity contribution in [2.45, 2.75) is 32.6 Å². The van der Waals surface area contributed by atoms with Crippen molar-refractivity contribution >= 4 is 32.3 Å². The average molecular weight is 504 g/mol. The number of nitrogens with one attached hydrogen (secondary N) is 2. The highest BCUT2D eigenvalue weighted by atomic mass is 32.2. The number of hydrogen-bond donors (Lipinski definition) is 2. The predicted octanol–water partition coefficient (Wildman–Crippen LogP) is 4.48. The number of aromatic amines is 1. The summed E-state index contributed by atoms with van der Waals surface area (Å²) in [5, 5.41) is 4.64. The number of nitrogens with zero attached hydrogens (tertiary/aromatic N) is 3. The average Bonchev–Trinajstić information content (AvgIpc) is 2.84. The number of aryl methyl sites for hydroxylation is 2. The van der Waals surface area contributed by atoms with E-state index in [1.54, 1.807) is 10.5 Å². The van der Waals surface area contributed by atoms with Crippen LogP contribution in [-0.4, -0.2) is 47.0 Å². The first-order valence-electron chi connectivity index (χ1n) is 12.0. The van der Waals surface area contributed by atoms with Crippen LogP contribution in [0, 0.1) is 13.8 Å². The summed E-state index contributed by atoms with van der Waals surface area (Å²) in [6.07, 6.45) is 4.51. The maximum Gasteiger partial charge on any atom is 0.259 e. The van der Waals surface area contributed by atoms with Crippen molar-refractivity contribution in [1.82, 2.24) is 19.3 Å². The summed E-state index contributed by atoms with van der Waals surface area (Å²) in [6.45, 7) is 5.00. The number of hydrogen-bond acceptors (Lipinski definition) is 6. The van der Waals surface area contributed by atoms with E-state index in [1.807, 2.05) is 50.2 Å². The van der Waals surface area contributed by atoms with Crippen LogP contribution in [0.2, 0.25) is 0 Å².